The van der Waals surface area contributed by atoms with Gasteiger partial charge in [0, 0.05) is 6.42 Å². The molecule has 1 fully saturated rings. The third-order valence-electron chi connectivity index (χ3n) is 15.1. The van der Waals surface area contributed by atoms with E-state index in [0.29, 0.717) is 12.8 Å². The van der Waals surface area contributed by atoms with E-state index in [9.17, 15) is 38.2 Å². The van der Waals surface area contributed by atoms with Crippen molar-refractivity contribution >= 4 is 16.3 Å². The Morgan fingerprint density at radius 2 is 0.877 bits per heavy atom. The summed E-state index contributed by atoms with van der Waals surface area (Å²) in [6, 6.07) is -0.855. The molecule has 1 heterocycles. The zero-order valence-corrected chi connectivity index (χ0v) is 48.0. The summed E-state index contributed by atoms with van der Waals surface area (Å²) in [6.07, 6.45) is 52.4. The molecule has 434 valence electrons. The Balaban J connectivity index is 2.23. The fourth-order valence-corrected chi connectivity index (χ4v) is 10.8. The SMILES string of the molecule is CCCCCCCCCCCCCC/C=C\CCCCCCCCCCCCCCCCCC(=O)NC(COC1OC(CO)C(O)C(OS(=O)(=O)O)C1O)C(O)CCCCCCCCCCCCCCCCC. The van der Waals surface area contributed by atoms with E-state index in [1.54, 1.807) is 0 Å². The monoisotopic (exact) mass is 1060 g/mol. The van der Waals surface area contributed by atoms with Crippen LogP contribution >= 0.6 is 0 Å². The third-order valence-corrected chi connectivity index (χ3v) is 15.5. The highest BCUT2D eigenvalue weighted by atomic mass is 32.3. The number of allylic oxidation sites excluding steroid dienone is 2. The van der Waals surface area contributed by atoms with Gasteiger partial charge in [-0.3, -0.25) is 9.35 Å². The topological polar surface area (TPSA) is 192 Å². The molecule has 0 aromatic carbocycles. The highest BCUT2D eigenvalue weighted by Gasteiger charge is 2.48. The maximum atomic E-state index is 13.2. The fourth-order valence-electron chi connectivity index (χ4n) is 10.3. The van der Waals surface area contributed by atoms with Gasteiger partial charge in [-0.05, 0) is 38.5 Å². The molecule has 13 heteroatoms. The van der Waals surface area contributed by atoms with Gasteiger partial charge in [0.2, 0.25) is 5.91 Å². The number of amides is 1. The normalized spacial score (nSPS) is 19.2. The first-order valence-corrected chi connectivity index (χ1v) is 32.4. The molecule has 73 heavy (non-hydrogen) atoms. The molecular weight excluding hydrogens is 943 g/mol. The van der Waals surface area contributed by atoms with Gasteiger partial charge in [0.1, 0.15) is 24.4 Å². The zero-order valence-electron chi connectivity index (χ0n) is 47.2. The Morgan fingerprint density at radius 3 is 1.23 bits per heavy atom. The highest BCUT2D eigenvalue weighted by Crippen LogP contribution is 2.26. The first-order valence-electron chi connectivity index (χ1n) is 31.1. The van der Waals surface area contributed by atoms with Crippen LogP contribution in [0.5, 0.6) is 0 Å². The van der Waals surface area contributed by atoms with Gasteiger partial charge in [-0.2, -0.15) is 8.42 Å². The van der Waals surface area contributed by atoms with Gasteiger partial charge in [0.05, 0.1) is 25.4 Å². The molecule has 0 aliphatic carbocycles. The number of hydrogen-bond acceptors (Lipinski definition) is 10. The lowest BCUT2D eigenvalue weighted by Crippen LogP contribution is -2.61. The Morgan fingerprint density at radius 1 is 0.534 bits per heavy atom. The van der Waals surface area contributed by atoms with Crippen molar-refractivity contribution in [3.05, 3.63) is 12.2 Å². The molecule has 6 N–H and O–H groups in total. The van der Waals surface area contributed by atoms with E-state index < -0.39 is 59.9 Å². The lowest BCUT2D eigenvalue weighted by Gasteiger charge is -2.41. The van der Waals surface area contributed by atoms with Gasteiger partial charge in [0.25, 0.3) is 0 Å². The summed E-state index contributed by atoms with van der Waals surface area (Å²) >= 11 is 0. The minimum atomic E-state index is -5.08. The molecule has 0 aromatic rings. The molecular formula is C60H117NO11S. The molecule has 7 unspecified atom stereocenters. The van der Waals surface area contributed by atoms with Crippen LogP contribution in [0, 0.1) is 0 Å². The van der Waals surface area contributed by atoms with Crippen LogP contribution in [0.1, 0.15) is 309 Å². The lowest BCUT2D eigenvalue weighted by molar-refractivity contribution is -0.298. The lowest BCUT2D eigenvalue weighted by atomic mass is 9.99. The van der Waals surface area contributed by atoms with Gasteiger partial charge in [0.15, 0.2) is 6.29 Å². The summed E-state index contributed by atoms with van der Waals surface area (Å²) in [4.78, 5) is 13.2. The zero-order chi connectivity index (χ0) is 53.3. The number of nitrogens with one attached hydrogen (secondary N) is 1. The molecule has 0 saturated carbocycles. The van der Waals surface area contributed by atoms with Crippen molar-refractivity contribution in [2.24, 2.45) is 0 Å². The second-order valence-corrected chi connectivity index (χ2v) is 23.0. The summed E-state index contributed by atoms with van der Waals surface area (Å²) < 4.78 is 47.9. The van der Waals surface area contributed by atoms with E-state index in [4.69, 9.17) is 9.47 Å². The molecule has 0 spiro atoms. The number of aliphatic hydroxyl groups excluding tert-OH is 4. The second-order valence-electron chi connectivity index (χ2n) is 22.0. The average molecular weight is 1060 g/mol. The van der Waals surface area contributed by atoms with Crippen LogP contribution in [-0.4, -0.2) is 95.4 Å². The smallest absolute Gasteiger partial charge is 0.394 e. The molecule has 1 rings (SSSR count). The van der Waals surface area contributed by atoms with Crippen molar-refractivity contribution in [3.8, 4) is 0 Å². The molecule has 0 bridgehead atoms. The van der Waals surface area contributed by atoms with Crippen LogP contribution in [0.3, 0.4) is 0 Å². The predicted octanol–water partition coefficient (Wildman–Crippen LogP) is 15.0. The molecule has 1 saturated heterocycles. The molecule has 1 amide bonds. The van der Waals surface area contributed by atoms with Crippen molar-refractivity contribution in [2.75, 3.05) is 13.2 Å². The van der Waals surface area contributed by atoms with Crippen LogP contribution in [0.2, 0.25) is 0 Å². The Hall–Kier alpha value is -1.16. The summed E-state index contributed by atoms with van der Waals surface area (Å²) in [5.74, 6) is -0.224. The fraction of sp³-hybridized carbons (Fsp3) is 0.950. The van der Waals surface area contributed by atoms with E-state index in [-0.39, 0.29) is 12.5 Å². The van der Waals surface area contributed by atoms with Crippen molar-refractivity contribution in [1.29, 1.82) is 0 Å². The number of carbonyl (C=O) groups is 1. The van der Waals surface area contributed by atoms with E-state index in [2.05, 4.69) is 35.5 Å². The van der Waals surface area contributed by atoms with Crippen molar-refractivity contribution in [1.82, 2.24) is 5.32 Å². The molecule has 0 aromatic heterocycles. The van der Waals surface area contributed by atoms with E-state index >= 15 is 0 Å². The Kier molecular flexibility index (Phi) is 48.2. The van der Waals surface area contributed by atoms with Crippen LogP contribution in [-0.2, 0) is 28.9 Å². The maximum absolute atomic E-state index is 13.2. The molecule has 0 radical (unpaired) electrons. The molecule has 7 atom stereocenters. The Labute approximate surface area is 449 Å². The quantitative estimate of drug-likeness (QED) is 0.0193. The third kappa shape index (κ3) is 42.5. The average Bonchev–Trinajstić information content (AvgIpc) is 3.37. The second kappa shape index (κ2) is 50.4. The van der Waals surface area contributed by atoms with E-state index in [1.807, 2.05) is 0 Å². The van der Waals surface area contributed by atoms with Gasteiger partial charge >= 0.3 is 10.4 Å². The Bertz CT molecular complexity index is 1340. The maximum Gasteiger partial charge on any atom is 0.397 e. The number of ether oxygens (including phenoxy) is 2. The number of unbranched alkanes of at least 4 members (excludes halogenated alkanes) is 41. The number of aliphatic hydroxyl groups is 4. The van der Waals surface area contributed by atoms with Crippen LogP contribution in [0.25, 0.3) is 0 Å². The first-order chi connectivity index (χ1) is 35.5. The van der Waals surface area contributed by atoms with Crippen molar-refractivity contribution < 1.29 is 51.8 Å². The van der Waals surface area contributed by atoms with Crippen LogP contribution in [0.15, 0.2) is 12.2 Å². The van der Waals surface area contributed by atoms with Gasteiger partial charge in [-0.1, -0.05) is 276 Å². The molecule has 12 nitrogen and oxygen atoms in total. The molecule has 1 aliphatic heterocycles. The number of carbonyl (C=O) groups excluding carboxylic acids is 1. The van der Waals surface area contributed by atoms with Crippen molar-refractivity contribution in [3.63, 3.8) is 0 Å². The summed E-state index contributed by atoms with van der Waals surface area (Å²) in [5, 5.41) is 45.1. The van der Waals surface area contributed by atoms with E-state index in [0.717, 1.165) is 51.4 Å². The van der Waals surface area contributed by atoms with Gasteiger partial charge in [-0.25, -0.2) is 4.18 Å². The van der Waals surface area contributed by atoms with Crippen LogP contribution < -0.4 is 5.32 Å². The summed E-state index contributed by atoms with van der Waals surface area (Å²) in [5.41, 5.74) is 0. The standard InChI is InChI=1S/C60H117NO11S/c1-3-5-7-9-11-13-15-17-19-20-21-22-23-24-25-26-27-28-29-30-31-32-33-34-36-38-40-42-44-46-48-50-56(64)61-53(52-70-60-58(66)59(72-73(67,68)69)57(65)55(51-62)71-60)54(63)49-47-45-43-41-39-37-35-18-16-14-12-10-8-6-4-2/h24-25,53-55,57-60,62-63,65-66H,3-23,26-52H2,1-2H3,(H,61,64)(H,67,68,69)/b25-24-. The summed E-state index contributed by atoms with van der Waals surface area (Å²) in [6.45, 7) is 3.50. The minimum absolute atomic E-state index is 0.224. The summed E-state index contributed by atoms with van der Waals surface area (Å²) in [7, 11) is -5.08. The van der Waals surface area contributed by atoms with E-state index in [1.165, 1.54) is 231 Å². The van der Waals surface area contributed by atoms with Gasteiger partial charge in [-0.15, -0.1) is 0 Å². The van der Waals surface area contributed by atoms with Crippen molar-refractivity contribution in [2.45, 2.75) is 352 Å². The first kappa shape index (κ1) is 69.9. The highest BCUT2D eigenvalue weighted by molar-refractivity contribution is 7.80. The predicted molar refractivity (Wildman–Crippen MR) is 301 cm³/mol. The minimum Gasteiger partial charge on any atom is -0.394 e. The number of rotatable bonds is 55. The van der Waals surface area contributed by atoms with Gasteiger partial charge < -0.3 is 35.2 Å². The molecule has 1 aliphatic rings. The number of hydrogen-bond donors (Lipinski definition) is 6. The van der Waals surface area contributed by atoms with Crippen LogP contribution in [0.4, 0.5) is 0 Å². The largest absolute Gasteiger partial charge is 0.397 e.